The van der Waals surface area contributed by atoms with E-state index in [0.717, 1.165) is 6.42 Å². The number of nitrogens with one attached hydrogen (secondary N) is 1. The van der Waals surface area contributed by atoms with Gasteiger partial charge in [-0.15, -0.1) is 0 Å². The van der Waals surface area contributed by atoms with Gasteiger partial charge in [0.1, 0.15) is 6.54 Å². The largest absolute Gasteiger partial charge is 0.352 e. The maximum atomic E-state index is 12.3. The summed E-state index contributed by atoms with van der Waals surface area (Å²) in [5.74, 6) is -0.268. The lowest BCUT2D eigenvalue weighted by atomic mass is 10.2. The van der Waals surface area contributed by atoms with Crippen molar-refractivity contribution in [2.75, 3.05) is 0 Å². The number of aromatic nitrogens is 2. The first kappa shape index (κ1) is 16.0. The maximum Gasteiger partial charge on any atom is 0.317 e. The van der Waals surface area contributed by atoms with Crippen LogP contribution in [0.5, 0.6) is 0 Å². The third-order valence-electron chi connectivity index (χ3n) is 3.77. The van der Waals surface area contributed by atoms with Gasteiger partial charge in [-0.05, 0) is 32.4 Å². The van der Waals surface area contributed by atoms with Crippen molar-refractivity contribution in [2.24, 2.45) is 0 Å². The molecule has 2 aromatic rings. The van der Waals surface area contributed by atoms with E-state index < -0.39 is 11.1 Å². The average Bonchev–Trinajstić information content (AvgIpc) is 2.52. The Hall–Kier alpha value is -2.37. The van der Waals surface area contributed by atoms with Crippen LogP contribution in [-0.2, 0) is 17.9 Å². The van der Waals surface area contributed by atoms with Crippen LogP contribution in [0.2, 0.25) is 0 Å². The first-order valence-electron chi connectivity index (χ1n) is 7.51. The molecular formula is C16H21N3O3. The molecule has 118 valence electrons. The molecule has 1 aromatic carbocycles. The van der Waals surface area contributed by atoms with Gasteiger partial charge in [0.2, 0.25) is 5.91 Å². The summed E-state index contributed by atoms with van der Waals surface area (Å²) in [5, 5.41) is 2.81. The molecule has 1 amide bonds. The molecule has 0 aliphatic rings. The smallest absolute Gasteiger partial charge is 0.317 e. The molecule has 0 fully saturated rings. The number of carbonyl (C=O) groups excluding carboxylic acids is 1. The average molecular weight is 303 g/mol. The van der Waals surface area contributed by atoms with Gasteiger partial charge in [0, 0.05) is 12.6 Å². The molecule has 0 saturated heterocycles. The van der Waals surface area contributed by atoms with Crippen molar-refractivity contribution >= 4 is 16.9 Å². The van der Waals surface area contributed by atoms with Crippen molar-refractivity contribution in [1.29, 1.82) is 0 Å². The Balaban J connectivity index is 2.55. The Bertz CT molecular complexity index is 804. The summed E-state index contributed by atoms with van der Waals surface area (Å²) in [6.07, 6.45) is 0.804. The van der Waals surface area contributed by atoms with Gasteiger partial charge in [-0.25, -0.2) is 0 Å². The number of hydrogen-bond donors (Lipinski definition) is 1. The zero-order valence-corrected chi connectivity index (χ0v) is 13.1. The van der Waals surface area contributed by atoms with Crippen molar-refractivity contribution in [3.8, 4) is 0 Å². The summed E-state index contributed by atoms with van der Waals surface area (Å²) < 4.78 is 2.68. The highest BCUT2D eigenvalue weighted by atomic mass is 16.2. The van der Waals surface area contributed by atoms with E-state index in [1.165, 1.54) is 9.13 Å². The van der Waals surface area contributed by atoms with Gasteiger partial charge in [0.15, 0.2) is 0 Å². The fourth-order valence-corrected chi connectivity index (χ4v) is 2.41. The van der Waals surface area contributed by atoms with Crippen molar-refractivity contribution in [3.05, 3.63) is 45.0 Å². The summed E-state index contributed by atoms with van der Waals surface area (Å²) in [6, 6.07) is 7.16. The Morgan fingerprint density at radius 1 is 1.09 bits per heavy atom. The van der Waals surface area contributed by atoms with E-state index in [1.54, 1.807) is 18.2 Å². The number of nitrogens with zero attached hydrogens (tertiary/aromatic N) is 2. The predicted molar refractivity (Wildman–Crippen MR) is 86.0 cm³/mol. The third kappa shape index (κ3) is 2.95. The summed E-state index contributed by atoms with van der Waals surface area (Å²) in [7, 11) is 0. The molecule has 0 radical (unpaired) electrons. The first-order chi connectivity index (χ1) is 10.5. The van der Waals surface area contributed by atoms with Crippen molar-refractivity contribution in [1.82, 2.24) is 14.5 Å². The van der Waals surface area contributed by atoms with Crippen LogP contribution >= 0.6 is 0 Å². The normalized spacial score (nSPS) is 12.3. The number of fused-ring (bicyclic) bond motifs is 1. The molecule has 2 rings (SSSR count). The number of para-hydroxylation sites is 2. The molecule has 6 heteroatoms. The number of carbonyl (C=O) groups is 1. The lowest BCUT2D eigenvalue weighted by Crippen LogP contribution is -2.44. The zero-order valence-electron chi connectivity index (χ0n) is 13.1. The van der Waals surface area contributed by atoms with E-state index in [0.29, 0.717) is 17.6 Å². The quantitative estimate of drug-likeness (QED) is 0.841. The van der Waals surface area contributed by atoms with Crippen LogP contribution in [0.15, 0.2) is 33.9 Å². The molecule has 0 spiro atoms. The second-order valence-corrected chi connectivity index (χ2v) is 5.31. The van der Waals surface area contributed by atoms with Crippen LogP contribution in [0.3, 0.4) is 0 Å². The lowest BCUT2D eigenvalue weighted by molar-refractivity contribution is -0.122. The van der Waals surface area contributed by atoms with Crippen molar-refractivity contribution in [2.45, 2.75) is 46.3 Å². The number of aryl methyl sites for hydroxylation is 1. The van der Waals surface area contributed by atoms with Crippen LogP contribution in [0, 0.1) is 0 Å². The topological polar surface area (TPSA) is 73.1 Å². The van der Waals surface area contributed by atoms with Crippen LogP contribution in [0.1, 0.15) is 27.2 Å². The second-order valence-electron chi connectivity index (χ2n) is 5.31. The summed E-state index contributed by atoms with van der Waals surface area (Å²) in [4.78, 5) is 36.6. The van der Waals surface area contributed by atoms with Crippen LogP contribution < -0.4 is 16.4 Å². The van der Waals surface area contributed by atoms with E-state index in [-0.39, 0.29) is 18.5 Å². The SMILES string of the molecule is CC[C@H](C)NC(=O)Cn1c(=O)c(=O)n(CC)c2ccccc21. The highest BCUT2D eigenvalue weighted by Crippen LogP contribution is 2.10. The molecule has 1 aromatic heterocycles. The minimum absolute atomic E-state index is 0.0329. The monoisotopic (exact) mass is 303 g/mol. The van der Waals surface area contributed by atoms with Gasteiger partial charge < -0.3 is 9.88 Å². The van der Waals surface area contributed by atoms with E-state index in [9.17, 15) is 14.4 Å². The molecule has 1 atom stereocenters. The molecule has 0 unspecified atom stereocenters. The Morgan fingerprint density at radius 2 is 1.64 bits per heavy atom. The molecule has 0 saturated carbocycles. The molecule has 22 heavy (non-hydrogen) atoms. The van der Waals surface area contributed by atoms with E-state index in [2.05, 4.69) is 5.32 Å². The summed E-state index contributed by atoms with van der Waals surface area (Å²) in [6.45, 7) is 5.94. The predicted octanol–water partition coefficient (Wildman–Crippen LogP) is 1.10. The molecule has 0 bridgehead atoms. The maximum absolute atomic E-state index is 12.3. The molecule has 6 nitrogen and oxygen atoms in total. The molecule has 1 N–H and O–H groups in total. The number of rotatable bonds is 5. The summed E-state index contributed by atoms with van der Waals surface area (Å²) >= 11 is 0. The third-order valence-corrected chi connectivity index (χ3v) is 3.77. The Morgan fingerprint density at radius 3 is 2.18 bits per heavy atom. The highest BCUT2D eigenvalue weighted by Gasteiger charge is 2.15. The number of hydrogen-bond acceptors (Lipinski definition) is 3. The van der Waals surface area contributed by atoms with E-state index in [1.807, 2.05) is 26.8 Å². The molecule has 0 aliphatic heterocycles. The van der Waals surface area contributed by atoms with E-state index in [4.69, 9.17) is 0 Å². The highest BCUT2D eigenvalue weighted by molar-refractivity contribution is 5.80. The van der Waals surface area contributed by atoms with Gasteiger partial charge in [0.05, 0.1) is 11.0 Å². The second kappa shape index (κ2) is 6.60. The fourth-order valence-electron chi connectivity index (χ4n) is 2.41. The van der Waals surface area contributed by atoms with E-state index >= 15 is 0 Å². The molecule has 0 aliphatic carbocycles. The molecule has 1 heterocycles. The van der Waals surface area contributed by atoms with Crippen molar-refractivity contribution < 1.29 is 4.79 Å². The fraction of sp³-hybridized carbons (Fsp3) is 0.438. The van der Waals surface area contributed by atoms with Crippen LogP contribution in [0.25, 0.3) is 11.0 Å². The Kier molecular flexibility index (Phi) is 4.80. The lowest BCUT2D eigenvalue weighted by Gasteiger charge is -2.15. The van der Waals surface area contributed by atoms with Crippen molar-refractivity contribution in [3.63, 3.8) is 0 Å². The molecular weight excluding hydrogens is 282 g/mol. The van der Waals surface area contributed by atoms with Gasteiger partial charge in [-0.2, -0.15) is 0 Å². The standard InChI is InChI=1S/C16H21N3O3/c1-4-11(3)17-14(20)10-19-13-9-7-6-8-12(13)18(5-2)15(21)16(19)22/h6-9,11H,4-5,10H2,1-3H3,(H,17,20)/t11-/m0/s1. The minimum atomic E-state index is -0.667. The number of benzene rings is 1. The number of amides is 1. The Labute approximate surface area is 128 Å². The van der Waals surface area contributed by atoms with Gasteiger partial charge >= 0.3 is 11.1 Å². The van der Waals surface area contributed by atoms with Crippen LogP contribution in [-0.4, -0.2) is 21.1 Å². The van der Waals surface area contributed by atoms with Gasteiger partial charge in [-0.1, -0.05) is 19.1 Å². The van der Waals surface area contributed by atoms with Crippen LogP contribution in [0.4, 0.5) is 0 Å². The van der Waals surface area contributed by atoms with Gasteiger partial charge in [-0.3, -0.25) is 19.0 Å². The minimum Gasteiger partial charge on any atom is -0.352 e. The summed E-state index contributed by atoms with van der Waals surface area (Å²) in [5.41, 5.74) is -0.0171. The van der Waals surface area contributed by atoms with Gasteiger partial charge in [0.25, 0.3) is 0 Å². The zero-order chi connectivity index (χ0) is 16.3. The first-order valence-corrected chi connectivity index (χ1v) is 7.51.